The van der Waals surface area contributed by atoms with Gasteiger partial charge in [0.25, 0.3) is 0 Å². The Kier molecular flexibility index (Phi) is 6.10. The molecule has 5 nitrogen and oxygen atoms in total. The van der Waals surface area contributed by atoms with Gasteiger partial charge in [0.1, 0.15) is 0 Å². The Morgan fingerprint density at radius 3 is 2.53 bits per heavy atom. The lowest BCUT2D eigenvalue weighted by molar-refractivity contribution is 0.0913. The first-order chi connectivity index (χ1) is 8.71. The van der Waals surface area contributed by atoms with E-state index in [4.69, 9.17) is 10.5 Å². The smallest absolute Gasteiger partial charge is 0.235 e. The summed E-state index contributed by atoms with van der Waals surface area (Å²) in [5.74, 6) is -0.118. The molecule has 0 bridgehead atoms. The van der Waals surface area contributed by atoms with Crippen molar-refractivity contribution in [1.82, 2.24) is 0 Å². The Labute approximate surface area is 130 Å². The number of nitrogen functional groups attached to an aromatic ring is 1. The lowest BCUT2D eigenvalue weighted by Gasteiger charge is -2.13. The number of rotatable bonds is 6. The van der Waals surface area contributed by atoms with Crippen LogP contribution in [0.1, 0.15) is 13.8 Å². The highest BCUT2D eigenvalue weighted by molar-refractivity contribution is 9.11. The summed E-state index contributed by atoms with van der Waals surface area (Å²) in [5.41, 5.74) is 6.47. The number of nitrogens with two attached hydrogens (primary N) is 1. The maximum atomic E-state index is 11.9. The molecule has 8 heteroatoms. The van der Waals surface area contributed by atoms with Crippen LogP contribution < -0.4 is 10.5 Å². The molecule has 0 amide bonds. The van der Waals surface area contributed by atoms with Crippen LogP contribution in [0, 0.1) is 0 Å². The van der Waals surface area contributed by atoms with E-state index in [0.29, 0.717) is 15.8 Å². The number of ether oxygens (including phenoxy) is 1. The van der Waals surface area contributed by atoms with Crippen molar-refractivity contribution in [3.05, 3.63) is 21.1 Å². The minimum Gasteiger partial charge on any atom is -0.397 e. The van der Waals surface area contributed by atoms with Gasteiger partial charge in [0, 0.05) is 8.95 Å². The van der Waals surface area contributed by atoms with E-state index < -0.39 is 10.0 Å². The van der Waals surface area contributed by atoms with E-state index in [1.165, 1.54) is 0 Å². The van der Waals surface area contributed by atoms with E-state index in [9.17, 15) is 8.42 Å². The van der Waals surface area contributed by atoms with Crippen molar-refractivity contribution in [3.8, 4) is 0 Å². The molecule has 0 aromatic heterocycles. The average molecular weight is 416 g/mol. The monoisotopic (exact) mass is 414 g/mol. The zero-order valence-corrected chi connectivity index (χ0v) is 14.6. The van der Waals surface area contributed by atoms with Crippen LogP contribution in [0.25, 0.3) is 0 Å². The normalized spacial score (nSPS) is 11.8. The Balaban J connectivity index is 2.79. The molecule has 1 aromatic rings. The van der Waals surface area contributed by atoms with Crippen LogP contribution in [0.3, 0.4) is 0 Å². The molecule has 0 spiro atoms. The van der Waals surface area contributed by atoms with Crippen molar-refractivity contribution < 1.29 is 13.2 Å². The summed E-state index contributed by atoms with van der Waals surface area (Å²) in [6, 6.07) is 3.35. The van der Waals surface area contributed by atoms with Crippen molar-refractivity contribution in [2.45, 2.75) is 20.0 Å². The molecule has 0 fully saturated rings. The predicted molar refractivity (Wildman–Crippen MR) is 84.8 cm³/mol. The van der Waals surface area contributed by atoms with E-state index in [1.54, 1.807) is 12.1 Å². The summed E-state index contributed by atoms with van der Waals surface area (Å²) in [6.45, 7) is 3.84. The first-order valence-electron chi connectivity index (χ1n) is 5.58. The standard InChI is InChI=1S/C11H16Br2N2O3S/c1-7(2)18-3-4-19(16,17)15-11-9(13)5-8(12)6-10(11)14/h5-7,15H,3-4,14H2,1-2H3. The summed E-state index contributed by atoms with van der Waals surface area (Å²) in [6.07, 6.45) is -0.000291. The maximum Gasteiger partial charge on any atom is 0.235 e. The van der Waals surface area contributed by atoms with Gasteiger partial charge in [0.15, 0.2) is 0 Å². The van der Waals surface area contributed by atoms with Gasteiger partial charge in [0.2, 0.25) is 10.0 Å². The molecule has 0 saturated heterocycles. The fourth-order valence-corrected chi connectivity index (χ4v) is 3.75. The van der Waals surface area contributed by atoms with Crippen LogP contribution in [0.2, 0.25) is 0 Å². The SMILES string of the molecule is CC(C)OCCS(=O)(=O)Nc1c(N)cc(Br)cc1Br. The quantitative estimate of drug-likeness (QED) is 0.699. The van der Waals surface area contributed by atoms with Crippen LogP contribution in [-0.4, -0.2) is 26.9 Å². The summed E-state index contributed by atoms with van der Waals surface area (Å²) in [4.78, 5) is 0. The second-order valence-electron chi connectivity index (χ2n) is 4.19. The topological polar surface area (TPSA) is 81.4 Å². The number of halogens is 2. The molecule has 1 rings (SSSR count). The molecule has 0 radical (unpaired) electrons. The average Bonchev–Trinajstić information content (AvgIpc) is 2.22. The maximum absolute atomic E-state index is 11.9. The molecular formula is C11H16Br2N2O3S. The highest BCUT2D eigenvalue weighted by atomic mass is 79.9. The Bertz CT molecular complexity index is 524. The van der Waals surface area contributed by atoms with Gasteiger partial charge in [-0.2, -0.15) is 0 Å². The van der Waals surface area contributed by atoms with Crippen LogP contribution in [0.4, 0.5) is 11.4 Å². The van der Waals surface area contributed by atoms with Crippen molar-refractivity contribution in [2.75, 3.05) is 22.8 Å². The molecule has 108 valence electrons. The third-order valence-corrected chi connectivity index (χ3v) is 4.45. The van der Waals surface area contributed by atoms with Crippen molar-refractivity contribution in [2.24, 2.45) is 0 Å². The molecule has 0 heterocycles. The first kappa shape index (κ1) is 16.7. The Morgan fingerprint density at radius 2 is 2.00 bits per heavy atom. The summed E-state index contributed by atoms with van der Waals surface area (Å²) in [5, 5.41) is 0. The van der Waals surface area contributed by atoms with E-state index in [2.05, 4.69) is 36.6 Å². The largest absolute Gasteiger partial charge is 0.397 e. The highest BCUT2D eigenvalue weighted by Crippen LogP contribution is 2.33. The van der Waals surface area contributed by atoms with Gasteiger partial charge in [-0.3, -0.25) is 4.72 Å². The third-order valence-electron chi connectivity index (χ3n) is 2.15. The van der Waals surface area contributed by atoms with Gasteiger partial charge < -0.3 is 10.5 Å². The molecule has 0 unspecified atom stereocenters. The lowest BCUT2D eigenvalue weighted by atomic mass is 10.3. The molecule has 0 aliphatic heterocycles. The van der Waals surface area contributed by atoms with Gasteiger partial charge in [-0.05, 0) is 41.9 Å². The van der Waals surface area contributed by atoms with Crippen molar-refractivity contribution >= 4 is 53.3 Å². The fraction of sp³-hybridized carbons (Fsp3) is 0.455. The highest BCUT2D eigenvalue weighted by Gasteiger charge is 2.15. The minimum absolute atomic E-state index is 0.000291. The van der Waals surface area contributed by atoms with Gasteiger partial charge in [-0.25, -0.2) is 8.42 Å². The van der Waals surface area contributed by atoms with E-state index in [1.807, 2.05) is 13.8 Å². The number of anilines is 2. The van der Waals surface area contributed by atoms with Crippen LogP contribution in [0.15, 0.2) is 21.1 Å². The van der Waals surface area contributed by atoms with Gasteiger partial charge in [0.05, 0.1) is 29.8 Å². The summed E-state index contributed by atoms with van der Waals surface area (Å²) in [7, 11) is -3.49. The van der Waals surface area contributed by atoms with Gasteiger partial charge >= 0.3 is 0 Å². The molecule has 19 heavy (non-hydrogen) atoms. The number of hydrogen-bond acceptors (Lipinski definition) is 4. The third kappa shape index (κ3) is 5.68. The first-order valence-corrected chi connectivity index (χ1v) is 8.81. The zero-order valence-electron chi connectivity index (χ0n) is 10.6. The van der Waals surface area contributed by atoms with Gasteiger partial charge in [-0.15, -0.1) is 0 Å². The summed E-state index contributed by atoms with van der Waals surface area (Å²) >= 11 is 6.55. The van der Waals surface area contributed by atoms with E-state index >= 15 is 0 Å². The molecule has 3 N–H and O–H groups in total. The molecule has 0 atom stereocenters. The van der Waals surface area contributed by atoms with Crippen LogP contribution in [-0.2, 0) is 14.8 Å². The zero-order chi connectivity index (χ0) is 14.6. The fourth-order valence-electron chi connectivity index (χ4n) is 1.30. The lowest BCUT2D eigenvalue weighted by Crippen LogP contribution is -2.22. The Morgan fingerprint density at radius 1 is 1.37 bits per heavy atom. The number of hydrogen-bond donors (Lipinski definition) is 2. The van der Waals surface area contributed by atoms with E-state index in [0.717, 1.165) is 4.47 Å². The number of benzene rings is 1. The predicted octanol–water partition coefficient (Wildman–Crippen LogP) is 2.96. The number of sulfonamides is 1. The molecular weight excluding hydrogens is 400 g/mol. The molecule has 0 aliphatic carbocycles. The molecule has 0 saturated carbocycles. The summed E-state index contributed by atoms with van der Waals surface area (Å²) < 4.78 is 32.8. The van der Waals surface area contributed by atoms with Crippen molar-refractivity contribution in [1.29, 1.82) is 0 Å². The minimum atomic E-state index is -3.49. The second-order valence-corrected chi connectivity index (χ2v) is 7.80. The molecule has 0 aliphatic rings. The van der Waals surface area contributed by atoms with Crippen LogP contribution >= 0.6 is 31.9 Å². The van der Waals surface area contributed by atoms with E-state index in [-0.39, 0.29) is 18.5 Å². The van der Waals surface area contributed by atoms with Crippen LogP contribution in [0.5, 0.6) is 0 Å². The second kappa shape index (κ2) is 6.92. The van der Waals surface area contributed by atoms with Crippen molar-refractivity contribution in [3.63, 3.8) is 0 Å². The molecule has 1 aromatic carbocycles. The van der Waals surface area contributed by atoms with Gasteiger partial charge in [-0.1, -0.05) is 15.9 Å². The number of nitrogens with one attached hydrogen (secondary N) is 1. The Hall–Kier alpha value is -0.310.